The molecule has 0 saturated carbocycles. The van der Waals surface area contributed by atoms with Crippen LogP contribution in [-0.4, -0.2) is 49.4 Å². The minimum Gasteiger partial charge on any atom is -0.327 e. The summed E-state index contributed by atoms with van der Waals surface area (Å²) in [6.07, 6.45) is -4.60. The maximum Gasteiger partial charge on any atom is 0.493 e. The molecule has 0 spiro atoms. The molecule has 1 aliphatic rings. The van der Waals surface area contributed by atoms with Gasteiger partial charge in [-0.25, -0.2) is 9.59 Å². The minimum atomic E-state index is -5.29. The van der Waals surface area contributed by atoms with Gasteiger partial charge >= 0.3 is 17.8 Å². The fourth-order valence-corrected chi connectivity index (χ4v) is 3.82. The number of hydroxylamine groups is 1. The topological polar surface area (TPSA) is 138 Å². The zero-order valence-electron chi connectivity index (χ0n) is 19.5. The highest BCUT2D eigenvalue weighted by Crippen LogP contribution is 2.36. The van der Waals surface area contributed by atoms with Crippen molar-refractivity contribution in [3.05, 3.63) is 63.9 Å². The van der Waals surface area contributed by atoms with E-state index in [1.807, 2.05) is 0 Å². The number of anilines is 1. The highest BCUT2D eigenvalue weighted by atomic mass is 19.4. The lowest BCUT2D eigenvalue weighted by atomic mass is 9.94. The van der Waals surface area contributed by atoms with E-state index in [-0.39, 0.29) is 24.2 Å². The Balaban J connectivity index is 1.68. The zero-order chi connectivity index (χ0) is 27.8. The van der Waals surface area contributed by atoms with Crippen molar-refractivity contribution < 1.29 is 36.4 Å². The van der Waals surface area contributed by atoms with Gasteiger partial charge in [-0.2, -0.15) is 31.3 Å². The Morgan fingerprint density at radius 2 is 1.82 bits per heavy atom. The lowest BCUT2D eigenvalue weighted by Crippen LogP contribution is -2.41. The lowest BCUT2D eigenvalue weighted by molar-refractivity contribution is -0.201. The normalized spacial score (nSPS) is 13.3. The molecule has 3 aromatic rings. The SMILES string of the molecule is Cc1cc(-c2cncc(-n3nnn(CC(CN)=C(F)F)c3=O)c2)cc2c1N(OC(=O)C(F)(F)F)C(=O)CC2. The summed E-state index contributed by atoms with van der Waals surface area (Å²) < 4.78 is 65.6. The number of aryl methyl sites for hydroxylation is 2. The summed E-state index contributed by atoms with van der Waals surface area (Å²) >= 11 is 0. The second kappa shape index (κ2) is 10.1. The molecule has 0 unspecified atom stereocenters. The van der Waals surface area contributed by atoms with E-state index in [4.69, 9.17) is 5.73 Å². The Hall–Kier alpha value is -4.47. The number of halogens is 5. The number of aromatic nitrogens is 5. The van der Waals surface area contributed by atoms with E-state index < -0.39 is 48.5 Å². The number of tetrazole rings is 1. The van der Waals surface area contributed by atoms with E-state index in [1.165, 1.54) is 31.5 Å². The average Bonchev–Trinajstić information content (AvgIpc) is 3.23. The van der Waals surface area contributed by atoms with Gasteiger partial charge in [0.15, 0.2) is 0 Å². The molecule has 1 amide bonds. The fraction of sp³-hybridized carbons (Fsp3) is 0.273. The van der Waals surface area contributed by atoms with Gasteiger partial charge in [-0.3, -0.25) is 9.78 Å². The average molecular weight is 539 g/mol. The van der Waals surface area contributed by atoms with Crippen LogP contribution in [0.3, 0.4) is 0 Å². The molecule has 1 aromatic carbocycles. The molecule has 0 atom stereocenters. The van der Waals surface area contributed by atoms with E-state index >= 15 is 0 Å². The zero-order valence-corrected chi connectivity index (χ0v) is 19.5. The number of hydrogen-bond donors (Lipinski definition) is 1. The summed E-state index contributed by atoms with van der Waals surface area (Å²) in [4.78, 5) is 44.7. The number of carbonyl (C=O) groups is 2. The van der Waals surface area contributed by atoms with Crippen molar-refractivity contribution >= 4 is 17.6 Å². The second-order valence-electron chi connectivity index (χ2n) is 8.20. The van der Waals surface area contributed by atoms with Crippen molar-refractivity contribution in [3.8, 4) is 16.8 Å². The molecule has 3 heterocycles. The van der Waals surface area contributed by atoms with Gasteiger partial charge in [-0.1, -0.05) is 0 Å². The van der Waals surface area contributed by atoms with Crippen LogP contribution < -0.4 is 16.5 Å². The first-order chi connectivity index (χ1) is 17.9. The van der Waals surface area contributed by atoms with E-state index in [1.54, 1.807) is 6.07 Å². The molecule has 11 nitrogen and oxygen atoms in total. The number of pyridine rings is 1. The third-order valence-electron chi connectivity index (χ3n) is 5.62. The van der Waals surface area contributed by atoms with Crippen LogP contribution >= 0.6 is 0 Å². The fourth-order valence-electron chi connectivity index (χ4n) is 3.82. The van der Waals surface area contributed by atoms with Crippen molar-refractivity contribution in [2.24, 2.45) is 5.73 Å². The van der Waals surface area contributed by atoms with Crippen molar-refractivity contribution in [2.75, 3.05) is 11.6 Å². The molecule has 0 saturated heterocycles. The maximum absolute atomic E-state index is 12.9. The molecule has 0 aliphatic carbocycles. The Labute approximate surface area is 209 Å². The third kappa shape index (κ3) is 5.15. The van der Waals surface area contributed by atoms with Gasteiger partial charge in [0.1, 0.15) is 0 Å². The predicted molar refractivity (Wildman–Crippen MR) is 120 cm³/mol. The van der Waals surface area contributed by atoms with Crippen LogP contribution in [0.5, 0.6) is 0 Å². The molecular formula is C22H18F5N7O4. The van der Waals surface area contributed by atoms with Gasteiger partial charge in [-0.15, -0.1) is 5.06 Å². The Morgan fingerprint density at radius 1 is 1.08 bits per heavy atom. The van der Waals surface area contributed by atoms with Crippen molar-refractivity contribution in [1.29, 1.82) is 0 Å². The van der Waals surface area contributed by atoms with Crippen molar-refractivity contribution in [1.82, 2.24) is 24.8 Å². The Kier molecular flexibility index (Phi) is 7.08. The molecule has 0 bridgehead atoms. The summed E-state index contributed by atoms with van der Waals surface area (Å²) in [5, 5.41) is 7.66. The first-order valence-electron chi connectivity index (χ1n) is 10.9. The number of nitrogens with two attached hydrogens (primary N) is 1. The number of alkyl halides is 3. The number of fused-ring (bicyclic) bond motifs is 1. The van der Waals surface area contributed by atoms with Crippen LogP contribution in [0.15, 0.2) is 47.0 Å². The minimum absolute atomic E-state index is 0.0229. The third-order valence-corrected chi connectivity index (χ3v) is 5.62. The van der Waals surface area contributed by atoms with Gasteiger partial charge in [0.25, 0.3) is 12.0 Å². The molecule has 4 rings (SSSR count). The first-order valence-corrected chi connectivity index (χ1v) is 10.9. The highest BCUT2D eigenvalue weighted by molar-refractivity contribution is 5.98. The molecule has 38 heavy (non-hydrogen) atoms. The Morgan fingerprint density at radius 3 is 2.47 bits per heavy atom. The van der Waals surface area contributed by atoms with Crippen LogP contribution in [0.1, 0.15) is 17.5 Å². The van der Waals surface area contributed by atoms with Gasteiger partial charge in [0.2, 0.25) is 0 Å². The van der Waals surface area contributed by atoms with Gasteiger partial charge in [0.05, 0.1) is 24.1 Å². The molecule has 2 N–H and O–H groups in total. The molecule has 0 fully saturated rings. The lowest BCUT2D eigenvalue weighted by Gasteiger charge is -2.29. The monoisotopic (exact) mass is 539 g/mol. The summed E-state index contributed by atoms with van der Waals surface area (Å²) in [6, 6.07) is 4.64. The van der Waals surface area contributed by atoms with Gasteiger partial charge in [-0.05, 0) is 58.7 Å². The number of amides is 1. The van der Waals surface area contributed by atoms with Crippen LogP contribution in [0.4, 0.5) is 27.6 Å². The number of benzene rings is 1. The summed E-state index contributed by atoms with van der Waals surface area (Å²) in [5.74, 6) is -3.33. The van der Waals surface area contributed by atoms with Gasteiger partial charge in [0, 0.05) is 30.3 Å². The second-order valence-corrected chi connectivity index (χ2v) is 8.20. The standard InChI is InChI=1S/C22H18F5N7O4/c1-11-4-13(5-12-2-3-17(35)34(18(11)12)38-20(36)22(25,26)27)14-6-16(9-29-8-14)33-21(37)32(30-31-33)10-15(7-28)19(23)24/h4-6,8-9H,2-3,7,10,28H2,1H3. The van der Waals surface area contributed by atoms with E-state index in [2.05, 4.69) is 20.2 Å². The van der Waals surface area contributed by atoms with E-state index in [0.717, 1.165) is 4.68 Å². The quantitative estimate of drug-likeness (QED) is 0.471. The maximum atomic E-state index is 12.9. The Bertz CT molecular complexity index is 1510. The van der Waals surface area contributed by atoms with E-state index in [9.17, 15) is 36.3 Å². The summed E-state index contributed by atoms with van der Waals surface area (Å²) in [5.41, 5.74) is 5.92. The predicted octanol–water partition coefficient (Wildman–Crippen LogP) is 2.21. The highest BCUT2D eigenvalue weighted by Gasteiger charge is 2.44. The summed E-state index contributed by atoms with van der Waals surface area (Å²) in [6.45, 7) is 0.493. The number of hydrogen-bond acceptors (Lipinski definition) is 8. The van der Waals surface area contributed by atoms with Gasteiger partial charge < -0.3 is 10.6 Å². The van der Waals surface area contributed by atoms with Crippen molar-refractivity contribution in [2.45, 2.75) is 32.5 Å². The van der Waals surface area contributed by atoms with Crippen LogP contribution in [0.25, 0.3) is 16.8 Å². The van der Waals surface area contributed by atoms with Crippen LogP contribution in [0, 0.1) is 6.92 Å². The molecule has 1 aliphatic heterocycles. The van der Waals surface area contributed by atoms with Crippen LogP contribution in [-0.2, 0) is 27.4 Å². The van der Waals surface area contributed by atoms with Crippen LogP contribution in [0.2, 0.25) is 0 Å². The first kappa shape index (κ1) is 26.6. The molecule has 2 aromatic heterocycles. The smallest absolute Gasteiger partial charge is 0.327 e. The molecular weight excluding hydrogens is 521 g/mol. The molecule has 16 heteroatoms. The van der Waals surface area contributed by atoms with Crippen molar-refractivity contribution in [3.63, 3.8) is 0 Å². The molecule has 0 radical (unpaired) electrons. The largest absolute Gasteiger partial charge is 0.493 e. The number of rotatable bonds is 6. The molecule has 200 valence electrons. The number of nitrogens with zero attached hydrogens (tertiary/aromatic N) is 6. The number of carbonyl (C=O) groups excluding carboxylic acids is 2. The summed E-state index contributed by atoms with van der Waals surface area (Å²) in [7, 11) is 0. The van der Waals surface area contributed by atoms with E-state index in [0.29, 0.717) is 32.0 Å².